The molecule has 1 unspecified atom stereocenters. The van der Waals surface area contributed by atoms with Crippen LogP contribution in [0, 0.1) is 0 Å². The standard InChI is InChI=1S/C15H22Br2O3S/c1-2-3-4-5-6-7-8-18-9-11-10-19-12-13(20-11)15(17)21-14(12)16/h11H,2-10H2,1H3. The molecule has 1 aromatic heterocycles. The van der Waals surface area contributed by atoms with E-state index in [1.54, 1.807) is 11.3 Å². The minimum atomic E-state index is -0.0182. The van der Waals surface area contributed by atoms with Crippen LogP contribution in [-0.4, -0.2) is 25.9 Å². The van der Waals surface area contributed by atoms with E-state index in [0.717, 1.165) is 32.1 Å². The summed E-state index contributed by atoms with van der Waals surface area (Å²) in [5, 5.41) is 0. The highest BCUT2D eigenvalue weighted by Crippen LogP contribution is 2.50. The average Bonchev–Trinajstić information content (AvgIpc) is 2.76. The third-order valence-corrected chi connectivity index (χ3v) is 5.81. The van der Waals surface area contributed by atoms with Crippen molar-refractivity contribution in [3.63, 3.8) is 0 Å². The first-order valence-electron chi connectivity index (χ1n) is 7.57. The lowest BCUT2D eigenvalue weighted by Gasteiger charge is -2.25. The maximum absolute atomic E-state index is 5.93. The molecule has 0 radical (unpaired) electrons. The summed E-state index contributed by atoms with van der Waals surface area (Å²) < 4.78 is 19.3. The van der Waals surface area contributed by atoms with Gasteiger partial charge in [0.05, 0.1) is 6.61 Å². The van der Waals surface area contributed by atoms with Gasteiger partial charge in [0.15, 0.2) is 17.6 Å². The fraction of sp³-hybridized carbons (Fsp3) is 0.733. The van der Waals surface area contributed by atoms with Crippen LogP contribution in [0.5, 0.6) is 11.5 Å². The first kappa shape index (κ1) is 17.6. The number of halogens is 2. The normalized spacial score (nSPS) is 17.2. The van der Waals surface area contributed by atoms with Crippen molar-refractivity contribution in [2.75, 3.05) is 19.8 Å². The zero-order valence-corrected chi connectivity index (χ0v) is 16.3. The third kappa shape index (κ3) is 5.41. The Kier molecular flexibility index (Phi) is 7.85. The lowest BCUT2D eigenvalue weighted by molar-refractivity contribution is 0.00773. The molecular weight excluding hydrogens is 420 g/mol. The van der Waals surface area contributed by atoms with Gasteiger partial charge in [-0.1, -0.05) is 39.0 Å². The van der Waals surface area contributed by atoms with E-state index >= 15 is 0 Å². The first-order chi connectivity index (χ1) is 10.2. The molecule has 6 heteroatoms. The van der Waals surface area contributed by atoms with Crippen molar-refractivity contribution in [1.82, 2.24) is 0 Å². The molecule has 0 amide bonds. The van der Waals surface area contributed by atoms with E-state index in [1.807, 2.05) is 0 Å². The Bertz CT molecular complexity index is 437. The average molecular weight is 442 g/mol. The molecule has 3 nitrogen and oxygen atoms in total. The van der Waals surface area contributed by atoms with E-state index in [2.05, 4.69) is 38.8 Å². The van der Waals surface area contributed by atoms with Gasteiger partial charge in [-0.05, 0) is 38.3 Å². The van der Waals surface area contributed by atoms with E-state index < -0.39 is 0 Å². The highest BCUT2D eigenvalue weighted by atomic mass is 79.9. The number of ether oxygens (including phenoxy) is 3. The summed E-state index contributed by atoms with van der Waals surface area (Å²) in [5.41, 5.74) is 0. The van der Waals surface area contributed by atoms with Crippen LogP contribution in [0.2, 0.25) is 0 Å². The molecule has 0 fully saturated rings. The second-order valence-electron chi connectivity index (χ2n) is 5.20. The summed E-state index contributed by atoms with van der Waals surface area (Å²) in [6.07, 6.45) is 7.69. The van der Waals surface area contributed by atoms with Crippen LogP contribution in [0.4, 0.5) is 0 Å². The van der Waals surface area contributed by atoms with E-state index in [4.69, 9.17) is 14.2 Å². The minimum Gasteiger partial charge on any atom is -0.484 e. The molecule has 0 spiro atoms. The van der Waals surface area contributed by atoms with Crippen molar-refractivity contribution >= 4 is 43.2 Å². The molecule has 0 N–H and O–H groups in total. The lowest BCUT2D eigenvalue weighted by Crippen LogP contribution is -2.33. The van der Waals surface area contributed by atoms with Crippen molar-refractivity contribution in [3.05, 3.63) is 7.57 Å². The summed E-state index contributed by atoms with van der Waals surface area (Å²) in [4.78, 5) is 0. The largest absolute Gasteiger partial charge is 0.484 e. The van der Waals surface area contributed by atoms with E-state index in [-0.39, 0.29) is 6.10 Å². The van der Waals surface area contributed by atoms with Gasteiger partial charge in [-0.15, -0.1) is 11.3 Å². The van der Waals surface area contributed by atoms with Crippen LogP contribution < -0.4 is 9.47 Å². The molecule has 2 rings (SSSR count). The van der Waals surface area contributed by atoms with Crippen LogP contribution in [0.1, 0.15) is 45.4 Å². The molecule has 1 aromatic rings. The van der Waals surface area contributed by atoms with Crippen LogP contribution in [0.25, 0.3) is 0 Å². The van der Waals surface area contributed by atoms with Crippen LogP contribution >= 0.6 is 43.2 Å². The molecule has 1 aliphatic rings. The Labute approximate surface area is 147 Å². The quantitative estimate of drug-likeness (QED) is 0.454. The molecule has 120 valence electrons. The summed E-state index contributed by atoms with van der Waals surface area (Å²) in [6, 6.07) is 0. The van der Waals surface area contributed by atoms with Gasteiger partial charge in [-0.2, -0.15) is 0 Å². The molecule has 0 bridgehead atoms. The Balaban J connectivity index is 1.59. The fourth-order valence-electron chi connectivity index (χ4n) is 2.23. The number of rotatable bonds is 9. The van der Waals surface area contributed by atoms with Gasteiger partial charge in [0, 0.05) is 6.61 Å². The molecule has 21 heavy (non-hydrogen) atoms. The predicted molar refractivity (Wildman–Crippen MR) is 93.8 cm³/mol. The van der Waals surface area contributed by atoms with Gasteiger partial charge in [0.1, 0.15) is 14.2 Å². The minimum absolute atomic E-state index is 0.0182. The molecule has 2 heterocycles. The van der Waals surface area contributed by atoms with Crippen molar-refractivity contribution in [2.45, 2.75) is 51.6 Å². The van der Waals surface area contributed by atoms with Crippen LogP contribution in [-0.2, 0) is 4.74 Å². The van der Waals surface area contributed by atoms with Gasteiger partial charge in [-0.3, -0.25) is 0 Å². The maximum atomic E-state index is 5.93. The Morgan fingerprint density at radius 1 is 1.10 bits per heavy atom. The van der Waals surface area contributed by atoms with Gasteiger partial charge in [0.25, 0.3) is 0 Å². The topological polar surface area (TPSA) is 27.7 Å². The Hall–Kier alpha value is 0.220. The maximum Gasteiger partial charge on any atom is 0.188 e. The monoisotopic (exact) mass is 440 g/mol. The van der Waals surface area contributed by atoms with Gasteiger partial charge >= 0.3 is 0 Å². The zero-order valence-electron chi connectivity index (χ0n) is 12.3. The third-order valence-electron chi connectivity index (χ3n) is 3.39. The number of hydrogen-bond acceptors (Lipinski definition) is 4. The summed E-state index contributed by atoms with van der Waals surface area (Å²) in [5.74, 6) is 1.60. The molecule has 0 aromatic carbocycles. The van der Waals surface area contributed by atoms with Gasteiger partial charge < -0.3 is 14.2 Å². The summed E-state index contributed by atoms with van der Waals surface area (Å²) in [6.45, 7) is 4.19. The second-order valence-corrected chi connectivity index (χ2v) is 8.86. The van der Waals surface area contributed by atoms with Crippen molar-refractivity contribution in [3.8, 4) is 11.5 Å². The SMILES string of the molecule is CCCCCCCCOCC1COc2c(Br)sc(Br)c2O1. The van der Waals surface area contributed by atoms with Crippen molar-refractivity contribution < 1.29 is 14.2 Å². The molecule has 0 aliphatic carbocycles. The van der Waals surface area contributed by atoms with Crippen molar-refractivity contribution in [2.24, 2.45) is 0 Å². The van der Waals surface area contributed by atoms with Gasteiger partial charge in [-0.25, -0.2) is 0 Å². The van der Waals surface area contributed by atoms with Gasteiger partial charge in [0.2, 0.25) is 0 Å². The smallest absolute Gasteiger partial charge is 0.188 e. The highest BCUT2D eigenvalue weighted by molar-refractivity contribution is 9.12. The predicted octanol–water partition coefficient (Wildman–Crippen LogP) is 5.79. The van der Waals surface area contributed by atoms with E-state index in [9.17, 15) is 0 Å². The molecule has 1 aliphatic heterocycles. The number of unbranched alkanes of at least 4 members (excludes halogenated alkanes) is 5. The van der Waals surface area contributed by atoms with E-state index in [1.165, 1.54) is 32.1 Å². The molecular formula is C15H22Br2O3S. The number of fused-ring (bicyclic) bond motifs is 1. The first-order valence-corrected chi connectivity index (χ1v) is 9.97. The number of hydrogen-bond donors (Lipinski definition) is 0. The number of thiophene rings is 1. The Morgan fingerprint density at radius 2 is 1.81 bits per heavy atom. The second kappa shape index (κ2) is 9.38. The van der Waals surface area contributed by atoms with E-state index in [0.29, 0.717) is 13.2 Å². The van der Waals surface area contributed by atoms with Crippen molar-refractivity contribution in [1.29, 1.82) is 0 Å². The lowest BCUT2D eigenvalue weighted by atomic mass is 10.1. The Morgan fingerprint density at radius 3 is 2.62 bits per heavy atom. The fourth-order valence-corrected chi connectivity index (χ4v) is 5.06. The summed E-state index contributed by atoms with van der Waals surface area (Å²) in [7, 11) is 0. The summed E-state index contributed by atoms with van der Waals surface area (Å²) >= 11 is 8.54. The molecule has 0 saturated heterocycles. The van der Waals surface area contributed by atoms with Crippen LogP contribution in [0.3, 0.4) is 0 Å². The molecule has 1 atom stereocenters. The molecule has 0 saturated carbocycles. The zero-order chi connectivity index (χ0) is 15.1. The highest BCUT2D eigenvalue weighted by Gasteiger charge is 2.27. The van der Waals surface area contributed by atoms with Crippen LogP contribution in [0.15, 0.2) is 7.57 Å².